The summed E-state index contributed by atoms with van der Waals surface area (Å²) in [5.74, 6) is 1.01. The average Bonchev–Trinajstić information content (AvgIpc) is 2.54. The zero-order valence-electron chi connectivity index (χ0n) is 12.0. The Bertz CT molecular complexity index is 789. The van der Waals surface area contributed by atoms with Crippen LogP contribution in [-0.2, 0) is 10.0 Å². The van der Waals surface area contributed by atoms with Gasteiger partial charge in [-0.1, -0.05) is 18.2 Å². The predicted octanol–water partition coefficient (Wildman–Crippen LogP) is 3.27. The molecule has 0 aliphatic carbocycles. The highest BCUT2D eigenvalue weighted by Gasteiger charge is 2.14. The number of benzene rings is 2. The van der Waals surface area contributed by atoms with E-state index in [0.717, 1.165) is 0 Å². The van der Waals surface area contributed by atoms with Gasteiger partial charge in [-0.15, -0.1) is 0 Å². The minimum Gasteiger partial charge on any atom is -0.493 e. The highest BCUT2D eigenvalue weighted by Crippen LogP contribution is 2.36. The molecular formula is C15H14BrNO4S. The van der Waals surface area contributed by atoms with Gasteiger partial charge in [0.15, 0.2) is 11.5 Å². The van der Waals surface area contributed by atoms with Crippen LogP contribution in [-0.4, -0.2) is 28.9 Å². The molecule has 0 saturated carbocycles. The molecule has 2 aromatic rings. The molecule has 5 nitrogen and oxygen atoms in total. The SMILES string of the molecule is COc1ccc(/C=N\S(=O)(=O)c2ccccc2)c(Br)c1OC. The Kier molecular flexibility index (Phi) is 5.20. The van der Waals surface area contributed by atoms with E-state index in [4.69, 9.17) is 9.47 Å². The molecule has 116 valence electrons. The van der Waals surface area contributed by atoms with Crippen LogP contribution in [0.2, 0.25) is 0 Å². The Balaban J connectivity index is 2.39. The molecule has 0 atom stereocenters. The molecule has 2 rings (SSSR count). The van der Waals surface area contributed by atoms with E-state index in [0.29, 0.717) is 21.5 Å². The Morgan fingerprint density at radius 2 is 1.73 bits per heavy atom. The first-order chi connectivity index (χ1) is 10.5. The van der Waals surface area contributed by atoms with Crippen LogP contribution in [0, 0.1) is 0 Å². The fourth-order valence-electron chi connectivity index (χ4n) is 1.78. The molecule has 0 aliphatic rings. The van der Waals surface area contributed by atoms with Gasteiger partial charge in [-0.2, -0.15) is 12.8 Å². The molecule has 0 aromatic heterocycles. The average molecular weight is 384 g/mol. The highest BCUT2D eigenvalue weighted by molar-refractivity contribution is 9.10. The van der Waals surface area contributed by atoms with E-state index in [1.54, 1.807) is 30.3 Å². The lowest BCUT2D eigenvalue weighted by Crippen LogP contribution is -1.99. The topological polar surface area (TPSA) is 65.0 Å². The Morgan fingerprint density at radius 1 is 1.05 bits per heavy atom. The van der Waals surface area contributed by atoms with Gasteiger partial charge in [0, 0.05) is 11.8 Å². The lowest BCUT2D eigenvalue weighted by Gasteiger charge is -2.10. The van der Waals surface area contributed by atoms with Crippen molar-refractivity contribution in [3.05, 3.63) is 52.5 Å². The third-order valence-electron chi connectivity index (χ3n) is 2.89. The standard InChI is InChI=1S/C15H14BrNO4S/c1-20-13-9-8-11(14(16)15(13)21-2)10-17-22(18,19)12-6-4-3-5-7-12/h3-10H,1-2H3/b17-10-. The van der Waals surface area contributed by atoms with Gasteiger partial charge in [0.1, 0.15) is 0 Å². The first-order valence-corrected chi connectivity index (χ1v) is 8.49. The summed E-state index contributed by atoms with van der Waals surface area (Å²) < 4.78 is 38.9. The van der Waals surface area contributed by atoms with Crippen LogP contribution in [0.1, 0.15) is 5.56 Å². The van der Waals surface area contributed by atoms with Gasteiger partial charge >= 0.3 is 0 Å². The van der Waals surface area contributed by atoms with Gasteiger partial charge < -0.3 is 9.47 Å². The van der Waals surface area contributed by atoms with Gasteiger partial charge in [0.2, 0.25) is 0 Å². The summed E-state index contributed by atoms with van der Waals surface area (Å²) in [5, 5.41) is 0. The number of ether oxygens (including phenoxy) is 2. The van der Waals surface area contributed by atoms with Crippen molar-refractivity contribution in [2.45, 2.75) is 4.90 Å². The van der Waals surface area contributed by atoms with Crippen LogP contribution in [0.5, 0.6) is 11.5 Å². The van der Waals surface area contributed by atoms with Crippen LogP contribution in [0.3, 0.4) is 0 Å². The number of hydrogen-bond donors (Lipinski definition) is 0. The molecule has 2 aromatic carbocycles. The number of sulfonamides is 1. The van der Waals surface area contributed by atoms with Crippen molar-refractivity contribution in [3.8, 4) is 11.5 Å². The quantitative estimate of drug-likeness (QED) is 0.743. The van der Waals surface area contributed by atoms with E-state index in [1.165, 1.54) is 32.6 Å². The van der Waals surface area contributed by atoms with Gasteiger partial charge in [0.05, 0.1) is 23.6 Å². The smallest absolute Gasteiger partial charge is 0.282 e. The summed E-state index contributed by atoms with van der Waals surface area (Å²) in [5.41, 5.74) is 0.567. The van der Waals surface area contributed by atoms with E-state index in [1.807, 2.05) is 0 Å². The summed E-state index contributed by atoms with van der Waals surface area (Å²) in [6, 6.07) is 11.4. The van der Waals surface area contributed by atoms with Crippen LogP contribution in [0.4, 0.5) is 0 Å². The molecule has 0 spiro atoms. The van der Waals surface area contributed by atoms with E-state index >= 15 is 0 Å². The molecule has 22 heavy (non-hydrogen) atoms. The lowest BCUT2D eigenvalue weighted by atomic mass is 10.2. The normalized spacial score (nSPS) is 11.6. The molecule has 7 heteroatoms. The van der Waals surface area contributed by atoms with Crippen molar-refractivity contribution in [3.63, 3.8) is 0 Å². The summed E-state index contributed by atoms with van der Waals surface area (Å²) in [4.78, 5) is 0.142. The van der Waals surface area contributed by atoms with Gasteiger partial charge in [-0.25, -0.2) is 0 Å². The van der Waals surface area contributed by atoms with Gasteiger partial charge in [-0.3, -0.25) is 0 Å². The molecule has 0 saturated heterocycles. The fourth-order valence-corrected chi connectivity index (χ4v) is 3.25. The van der Waals surface area contributed by atoms with Crippen LogP contribution in [0.15, 0.2) is 56.2 Å². The maximum Gasteiger partial charge on any atom is 0.282 e. The maximum atomic E-state index is 12.1. The second kappa shape index (κ2) is 6.93. The summed E-state index contributed by atoms with van der Waals surface area (Å²) in [6.07, 6.45) is 1.27. The van der Waals surface area contributed by atoms with E-state index in [9.17, 15) is 8.42 Å². The number of methoxy groups -OCH3 is 2. The summed E-state index contributed by atoms with van der Waals surface area (Å²) in [6.45, 7) is 0. The van der Waals surface area contributed by atoms with Crippen LogP contribution < -0.4 is 9.47 Å². The van der Waals surface area contributed by atoms with Crippen molar-refractivity contribution in [2.75, 3.05) is 14.2 Å². The van der Waals surface area contributed by atoms with Crippen LogP contribution >= 0.6 is 15.9 Å². The summed E-state index contributed by atoms with van der Waals surface area (Å²) in [7, 11) is -0.704. The third kappa shape index (κ3) is 3.48. The largest absolute Gasteiger partial charge is 0.493 e. The predicted molar refractivity (Wildman–Crippen MR) is 88.5 cm³/mol. The number of rotatable bonds is 5. The lowest BCUT2D eigenvalue weighted by molar-refractivity contribution is 0.353. The third-order valence-corrected chi connectivity index (χ3v) is 4.96. The number of hydrogen-bond acceptors (Lipinski definition) is 4. The zero-order chi connectivity index (χ0) is 16.2. The first-order valence-electron chi connectivity index (χ1n) is 6.25. The van der Waals surface area contributed by atoms with E-state index < -0.39 is 10.0 Å². The first kappa shape index (κ1) is 16.5. The fraction of sp³-hybridized carbons (Fsp3) is 0.133. The zero-order valence-corrected chi connectivity index (χ0v) is 14.4. The Labute approximate surface area is 137 Å². The molecule has 0 N–H and O–H groups in total. The van der Waals surface area contributed by atoms with Crippen LogP contribution in [0.25, 0.3) is 0 Å². The van der Waals surface area contributed by atoms with Gasteiger partial charge in [0.25, 0.3) is 10.0 Å². The minimum absolute atomic E-state index is 0.142. The second-order valence-corrected chi connectivity index (χ2v) is 6.65. The van der Waals surface area contributed by atoms with Crippen molar-refractivity contribution in [1.82, 2.24) is 0 Å². The monoisotopic (exact) mass is 383 g/mol. The number of nitrogens with zero attached hydrogens (tertiary/aromatic N) is 1. The maximum absolute atomic E-state index is 12.1. The van der Waals surface area contributed by atoms with E-state index in [2.05, 4.69) is 20.3 Å². The van der Waals surface area contributed by atoms with Crippen molar-refractivity contribution < 1.29 is 17.9 Å². The molecule has 0 unspecified atom stereocenters. The second-order valence-electron chi connectivity index (χ2n) is 4.23. The summed E-state index contributed by atoms with van der Waals surface area (Å²) >= 11 is 3.37. The van der Waals surface area contributed by atoms with Gasteiger partial charge in [-0.05, 0) is 40.2 Å². The molecule has 0 bridgehead atoms. The minimum atomic E-state index is -3.73. The molecule has 0 aliphatic heterocycles. The number of halogens is 1. The Morgan fingerprint density at radius 3 is 2.32 bits per heavy atom. The van der Waals surface area contributed by atoms with Crippen molar-refractivity contribution >= 4 is 32.2 Å². The highest BCUT2D eigenvalue weighted by atomic mass is 79.9. The molecule has 0 heterocycles. The molecule has 0 fully saturated rings. The molecule has 0 radical (unpaired) electrons. The Hall–Kier alpha value is -1.86. The van der Waals surface area contributed by atoms with E-state index in [-0.39, 0.29) is 4.90 Å². The van der Waals surface area contributed by atoms with Crippen molar-refractivity contribution in [2.24, 2.45) is 4.40 Å². The van der Waals surface area contributed by atoms with Crippen molar-refractivity contribution in [1.29, 1.82) is 0 Å². The molecule has 0 amide bonds. The molecular weight excluding hydrogens is 370 g/mol.